The Bertz CT molecular complexity index is 807. The maximum Gasteiger partial charge on any atom is 0.242 e. The molecule has 31 heavy (non-hydrogen) atoms. The van der Waals surface area contributed by atoms with E-state index in [0.717, 1.165) is 38.4 Å². The summed E-state index contributed by atoms with van der Waals surface area (Å²) in [6.45, 7) is 7.56. The summed E-state index contributed by atoms with van der Waals surface area (Å²) in [4.78, 5) is 22.7. The maximum atomic E-state index is 12.7. The van der Waals surface area contributed by atoms with Gasteiger partial charge in [-0.1, -0.05) is 36.4 Å². The number of carbonyl (C=O) groups excluding carboxylic acids is 1. The van der Waals surface area contributed by atoms with Crippen molar-refractivity contribution in [1.82, 2.24) is 20.4 Å². The van der Waals surface area contributed by atoms with Gasteiger partial charge in [-0.15, -0.1) is 11.3 Å². The molecule has 1 aromatic heterocycles. The molecule has 0 spiro atoms. The van der Waals surface area contributed by atoms with Crippen molar-refractivity contribution in [2.75, 3.05) is 53.0 Å². The maximum absolute atomic E-state index is 12.7. The highest BCUT2D eigenvalue weighted by Crippen LogP contribution is 2.25. The van der Waals surface area contributed by atoms with Crippen molar-refractivity contribution in [3.05, 3.63) is 58.3 Å². The van der Waals surface area contributed by atoms with Gasteiger partial charge >= 0.3 is 0 Å². The number of benzene rings is 1. The van der Waals surface area contributed by atoms with E-state index >= 15 is 0 Å². The molecule has 1 amide bonds. The number of carbonyl (C=O) groups is 1. The van der Waals surface area contributed by atoms with E-state index in [9.17, 15) is 4.79 Å². The van der Waals surface area contributed by atoms with E-state index in [1.807, 2.05) is 42.2 Å². The molecule has 0 bridgehead atoms. The van der Waals surface area contributed by atoms with Crippen LogP contribution < -0.4 is 10.6 Å². The Hall–Kier alpha value is -2.42. The lowest BCUT2D eigenvalue weighted by Crippen LogP contribution is -2.48. The van der Waals surface area contributed by atoms with Gasteiger partial charge in [0, 0.05) is 44.6 Å². The summed E-state index contributed by atoms with van der Waals surface area (Å²) in [5.41, 5.74) is 1.13. The van der Waals surface area contributed by atoms with Crippen LogP contribution in [0.4, 0.5) is 0 Å². The van der Waals surface area contributed by atoms with Crippen LogP contribution in [0.25, 0.3) is 0 Å². The van der Waals surface area contributed by atoms with Crippen LogP contribution in [0.1, 0.15) is 23.4 Å². The van der Waals surface area contributed by atoms with E-state index in [2.05, 4.69) is 38.0 Å². The van der Waals surface area contributed by atoms with E-state index < -0.39 is 0 Å². The SMILES string of the molecule is CCN(Cc1ccccc1)C(=O)CNC(=NC)NCC(c1cccs1)N1CCOCC1. The quantitative estimate of drug-likeness (QED) is 0.460. The molecule has 2 heterocycles. The number of nitrogens with one attached hydrogen (secondary N) is 2. The second-order valence-electron chi connectivity index (χ2n) is 7.38. The molecule has 1 fully saturated rings. The number of amides is 1. The number of ether oxygens (including phenoxy) is 1. The molecule has 1 aliphatic rings. The average molecular weight is 444 g/mol. The van der Waals surface area contributed by atoms with Crippen LogP contribution in [0.5, 0.6) is 0 Å². The first-order chi connectivity index (χ1) is 15.2. The number of nitrogens with zero attached hydrogens (tertiary/aromatic N) is 3. The third-order valence-corrected chi connectivity index (χ3v) is 6.38. The Morgan fingerprint density at radius 2 is 1.97 bits per heavy atom. The van der Waals surface area contributed by atoms with E-state index in [0.29, 0.717) is 19.0 Å². The molecular formula is C23H33N5O2S. The van der Waals surface area contributed by atoms with Gasteiger partial charge in [0.15, 0.2) is 5.96 Å². The summed E-state index contributed by atoms with van der Waals surface area (Å²) in [5, 5.41) is 8.70. The molecule has 2 aromatic rings. The molecule has 1 aromatic carbocycles. The summed E-state index contributed by atoms with van der Waals surface area (Å²) < 4.78 is 5.52. The number of aliphatic imine (C=N–C) groups is 1. The van der Waals surface area contributed by atoms with Crippen molar-refractivity contribution in [1.29, 1.82) is 0 Å². The number of morpholine rings is 1. The van der Waals surface area contributed by atoms with E-state index in [1.165, 1.54) is 4.88 Å². The van der Waals surface area contributed by atoms with Gasteiger partial charge in [-0.05, 0) is 23.9 Å². The molecule has 7 nitrogen and oxygen atoms in total. The van der Waals surface area contributed by atoms with Gasteiger partial charge < -0.3 is 20.3 Å². The van der Waals surface area contributed by atoms with Gasteiger partial charge in [-0.25, -0.2) is 0 Å². The fraction of sp³-hybridized carbons (Fsp3) is 0.478. The van der Waals surface area contributed by atoms with Crippen molar-refractivity contribution in [2.45, 2.75) is 19.5 Å². The molecule has 0 saturated carbocycles. The predicted octanol–water partition coefficient (Wildman–Crippen LogP) is 2.34. The normalized spacial score (nSPS) is 16.0. The molecule has 1 unspecified atom stereocenters. The molecule has 0 radical (unpaired) electrons. The van der Waals surface area contributed by atoms with Crippen LogP contribution in [-0.2, 0) is 16.1 Å². The summed E-state index contributed by atoms with van der Waals surface area (Å²) in [6, 6.07) is 14.6. The Balaban J connectivity index is 1.52. The molecular weight excluding hydrogens is 410 g/mol. The van der Waals surface area contributed by atoms with Gasteiger partial charge in [0.25, 0.3) is 0 Å². The van der Waals surface area contributed by atoms with Crippen LogP contribution in [0.2, 0.25) is 0 Å². The third kappa shape index (κ3) is 7.05. The first kappa shape index (κ1) is 23.2. The highest BCUT2D eigenvalue weighted by atomic mass is 32.1. The van der Waals surface area contributed by atoms with E-state index in [4.69, 9.17) is 4.74 Å². The Labute approximate surface area is 189 Å². The highest BCUT2D eigenvalue weighted by Gasteiger charge is 2.23. The van der Waals surface area contributed by atoms with Gasteiger partial charge in [-0.3, -0.25) is 14.7 Å². The molecule has 168 valence electrons. The van der Waals surface area contributed by atoms with Crippen molar-refractivity contribution in [3.8, 4) is 0 Å². The standard InChI is InChI=1S/C23H33N5O2S/c1-3-27(18-19-8-5-4-6-9-19)22(29)17-26-23(24-2)25-16-20(21-10-7-15-31-21)28-11-13-30-14-12-28/h4-10,15,20H,3,11-14,16-18H2,1-2H3,(H2,24,25,26). The Morgan fingerprint density at radius 1 is 1.19 bits per heavy atom. The lowest BCUT2D eigenvalue weighted by molar-refractivity contribution is -0.130. The number of guanidine groups is 1. The topological polar surface area (TPSA) is 69.2 Å². The van der Waals surface area contributed by atoms with Gasteiger partial charge in [-0.2, -0.15) is 0 Å². The lowest BCUT2D eigenvalue weighted by atomic mass is 10.2. The molecule has 1 saturated heterocycles. The molecule has 1 aliphatic heterocycles. The van der Waals surface area contributed by atoms with Crippen molar-refractivity contribution < 1.29 is 9.53 Å². The fourth-order valence-electron chi connectivity index (χ4n) is 3.64. The van der Waals surface area contributed by atoms with Crippen LogP contribution in [0.3, 0.4) is 0 Å². The molecule has 8 heteroatoms. The highest BCUT2D eigenvalue weighted by molar-refractivity contribution is 7.10. The number of hydrogen-bond donors (Lipinski definition) is 2. The summed E-state index contributed by atoms with van der Waals surface area (Å²) >= 11 is 1.77. The molecule has 3 rings (SSSR count). The van der Waals surface area contributed by atoms with Crippen LogP contribution in [0.15, 0.2) is 52.8 Å². The van der Waals surface area contributed by atoms with E-state index in [1.54, 1.807) is 18.4 Å². The Kier molecular flexibility index (Phi) is 9.33. The van der Waals surface area contributed by atoms with Crippen molar-refractivity contribution in [3.63, 3.8) is 0 Å². The second kappa shape index (κ2) is 12.4. The fourth-order valence-corrected chi connectivity index (χ4v) is 4.51. The first-order valence-electron chi connectivity index (χ1n) is 10.8. The summed E-state index contributed by atoms with van der Waals surface area (Å²) in [7, 11) is 1.73. The van der Waals surface area contributed by atoms with Gasteiger partial charge in [0.05, 0.1) is 25.8 Å². The molecule has 0 aliphatic carbocycles. The minimum absolute atomic E-state index is 0.0530. The predicted molar refractivity (Wildman–Crippen MR) is 126 cm³/mol. The first-order valence-corrected chi connectivity index (χ1v) is 11.7. The zero-order valence-corrected chi connectivity index (χ0v) is 19.2. The van der Waals surface area contributed by atoms with Crippen molar-refractivity contribution >= 4 is 23.2 Å². The number of hydrogen-bond acceptors (Lipinski definition) is 5. The zero-order chi connectivity index (χ0) is 21.9. The second-order valence-corrected chi connectivity index (χ2v) is 8.36. The van der Waals surface area contributed by atoms with Crippen LogP contribution >= 0.6 is 11.3 Å². The number of thiophene rings is 1. The average Bonchev–Trinajstić information content (AvgIpc) is 3.35. The van der Waals surface area contributed by atoms with Gasteiger partial charge in [0.1, 0.15) is 0 Å². The minimum atomic E-state index is 0.0530. The molecule has 2 N–H and O–H groups in total. The monoisotopic (exact) mass is 443 g/mol. The van der Waals surface area contributed by atoms with Crippen LogP contribution in [-0.4, -0.2) is 74.7 Å². The summed E-state index contributed by atoms with van der Waals surface area (Å²) in [5.74, 6) is 0.691. The number of likely N-dealkylation sites (N-methyl/N-ethyl adjacent to an activating group) is 1. The Morgan fingerprint density at radius 3 is 2.61 bits per heavy atom. The minimum Gasteiger partial charge on any atom is -0.379 e. The van der Waals surface area contributed by atoms with Gasteiger partial charge in [0.2, 0.25) is 5.91 Å². The lowest BCUT2D eigenvalue weighted by Gasteiger charge is -2.34. The van der Waals surface area contributed by atoms with E-state index in [-0.39, 0.29) is 18.5 Å². The largest absolute Gasteiger partial charge is 0.379 e. The third-order valence-electron chi connectivity index (χ3n) is 5.40. The summed E-state index contributed by atoms with van der Waals surface area (Å²) in [6.07, 6.45) is 0. The van der Waals surface area contributed by atoms with Crippen molar-refractivity contribution in [2.24, 2.45) is 4.99 Å². The number of rotatable bonds is 9. The zero-order valence-electron chi connectivity index (χ0n) is 18.4. The van der Waals surface area contributed by atoms with Crippen LogP contribution in [0, 0.1) is 0 Å². The smallest absolute Gasteiger partial charge is 0.242 e. The molecule has 1 atom stereocenters.